The molecule has 6 nitrogen and oxygen atoms in total. The van der Waals surface area contributed by atoms with Crippen LogP contribution in [0.25, 0.3) is 0 Å². The average molecular weight is 224 g/mol. The van der Waals surface area contributed by atoms with Crippen LogP contribution in [0.5, 0.6) is 0 Å². The molecule has 0 aromatic carbocycles. The highest BCUT2D eigenvalue weighted by Gasteiger charge is 2.29. The summed E-state index contributed by atoms with van der Waals surface area (Å²) in [5.41, 5.74) is 0. The lowest BCUT2D eigenvalue weighted by molar-refractivity contribution is -0.137. The van der Waals surface area contributed by atoms with E-state index in [4.69, 9.17) is 5.11 Å². The summed E-state index contributed by atoms with van der Waals surface area (Å²) in [4.78, 5) is 12.7. The molecular weight excluding hydrogens is 208 g/mol. The predicted octanol–water partition coefficient (Wildman–Crippen LogP) is 0.254. The first-order valence-electron chi connectivity index (χ1n) is 5.45. The Labute approximate surface area is 93.9 Å². The van der Waals surface area contributed by atoms with Crippen molar-refractivity contribution in [1.29, 1.82) is 0 Å². The number of carboxylic acid groups (broad SMARTS) is 1. The normalized spacial score (nSPS) is 15.6. The molecule has 0 radical (unpaired) electrons. The van der Waals surface area contributed by atoms with E-state index in [2.05, 4.69) is 15.1 Å². The Morgan fingerprint density at radius 2 is 2.44 bits per heavy atom. The number of hydrogen-bond acceptors (Lipinski definition) is 4. The van der Waals surface area contributed by atoms with Crippen molar-refractivity contribution in [2.24, 2.45) is 7.05 Å². The van der Waals surface area contributed by atoms with E-state index in [-0.39, 0.29) is 6.42 Å². The highest BCUT2D eigenvalue weighted by molar-refractivity contribution is 5.66. The van der Waals surface area contributed by atoms with Gasteiger partial charge in [-0.1, -0.05) is 0 Å². The molecule has 1 saturated carbocycles. The molecule has 1 aliphatic rings. The summed E-state index contributed by atoms with van der Waals surface area (Å²) in [5.74, 6) is 0.140. The molecule has 1 aromatic rings. The number of hydrogen-bond donors (Lipinski definition) is 1. The standard InChI is InChI=1S/C10H16N4O2/c1-13-7-11-12-9(13)6-14(8-2-3-8)5-4-10(15)16/h7-8H,2-6H2,1H3,(H,15,16). The van der Waals surface area contributed by atoms with Crippen molar-refractivity contribution < 1.29 is 9.90 Å². The topological polar surface area (TPSA) is 71.2 Å². The van der Waals surface area contributed by atoms with Crippen LogP contribution < -0.4 is 0 Å². The lowest BCUT2D eigenvalue weighted by Gasteiger charge is -2.20. The van der Waals surface area contributed by atoms with Crippen molar-refractivity contribution in [3.05, 3.63) is 12.2 Å². The van der Waals surface area contributed by atoms with E-state index in [1.54, 1.807) is 6.33 Å². The van der Waals surface area contributed by atoms with Crippen molar-refractivity contribution >= 4 is 5.97 Å². The molecule has 88 valence electrons. The van der Waals surface area contributed by atoms with Gasteiger partial charge in [-0.05, 0) is 12.8 Å². The molecule has 1 N–H and O–H groups in total. The first-order chi connectivity index (χ1) is 7.66. The van der Waals surface area contributed by atoms with E-state index < -0.39 is 5.97 Å². The smallest absolute Gasteiger partial charge is 0.304 e. The Balaban J connectivity index is 1.92. The minimum atomic E-state index is -0.747. The predicted molar refractivity (Wildman–Crippen MR) is 56.7 cm³/mol. The number of rotatable bonds is 6. The van der Waals surface area contributed by atoms with Crippen LogP contribution in [0.1, 0.15) is 25.1 Å². The number of aromatic nitrogens is 3. The summed E-state index contributed by atoms with van der Waals surface area (Å²) in [6, 6.07) is 0.538. The first-order valence-corrected chi connectivity index (χ1v) is 5.45. The zero-order valence-corrected chi connectivity index (χ0v) is 9.33. The molecular formula is C10H16N4O2. The minimum Gasteiger partial charge on any atom is -0.481 e. The minimum absolute atomic E-state index is 0.189. The Bertz CT molecular complexity index is 373. The van der Waals surface area contributed by atoms with Gasteiger partial charge in [-0.25, -0.2) is 0 Å². The third-order valence-electron chi connectivity index (χ3n) is 2.83. The lowest BCUT2D eigenvalue weighted by atomic mass is 10.3. The highest BCUT2D eigenvalue weighted by atomic mass is 16.4. The second-order valence-electron chi connectivity index (χ2n) is 4.20. The summed E-state index contributed by atoms with van der Waals surface area (Å²) in [6.45, 7) is 1.28. The fourth-order valence-electron chi connectivity index (χ4n) is 1.70. The van der Waals surface area contributed by atoms with E-state index in [1.165, 1.54) is 0 Å². The Hall–Kier alpha value is -1.43. The van der Waals surface area contributed by atoms with Gasteiger partial charge in [-0.2, -0.15) is 0 Å². The third kappa shape index (κ3) is 2.79. The average Bonchev–Trinajstić information content (AvgIpc) is 2.99. The van der Waals surface area contributed by atoms with Gasteiger partial charge in [-0.15, -0.1) is 10.2 Å². The van der Waals surface area contributed by atoms with Gasteiger partial charge >= 0.3 is 5.97 Å². The Morgan fingerprint density at radius 1 is 1.69 bits per heavy atom. The van der Waals surface area contributed by atoms with Crippen LogP contribution in [-0.2, 0) is 18.4 Å². The van der Waals surface area contributed by atoms with Crippen molar-refractivity contribution in [2.45, 2.75) is 31.8 Å². The highest BCUT2D eigenvalue weighted by Crippen LogP contribution is 2.27. The second kappa shape index (κ2) is 4.61. The lowest BCUT2D eigenvalue weighted by Crippen LogP contribution is -2.29. The van der Waals surface area contributed by atoms with E-state index in [0.717, 1.165) is 18.7 Å². The van der Waals surface area contributed by atoms with Crippen LogP contribution in [0.15, 0.2) is 6.33 Å². The van der Waals surface area contributed by atoms with Crippen LogP contribution in [0.4, 0.5) is 0 Å². The molecule has 6 heteroatoms. The molecule has 2 rings (SSSR count). The van der Waals surface area contributed by atoms with Gasteiger partial charge in [-0.3, -0.25) is 9.69 Å². The molecule has 1 fully saturated rings. The van der Waals surface area contributed by atoms with Crippen molar-refractivity contribution in [2.75, 3.05) is 6.54 Å². The van der Waals surface area contributed by atoms with Crippen LogP contribution in [0.3, 0.4) is 0 Å². The molecule has 1 aromatic heterocycles. The number of aliphatic carboxylic acids is 1. The second-order valence-corrected chi connectivity index (χ2v) is 4.20. The summed E-state index contributed by atoms with van der Waals surface area (Å²) >= 11 is 0. The van der Waals surface area contributed by atoms with E-state index in [1.807, 2.05) is 11.6 Å². The molecule has 1 aliphatic carbocycles. The largest absolute Gasteiger partial charge is 0.481 e. The monoisotopic (exact) mass is 224 g/mol. The Kier molecular flexibility index (Phi) is 3.19. The third-order valence-corrected chi connectivity index (χ3v) is 2.83. The number of carbonyl (C=O) groups is 1. The molecule has 0 amide bonds. The molecule has 0 saturated heterocycles. The summed E-state index contributed by atoms with van der Waals surface area (Å²) in [7, 11) is 1.90. The van der Waals surface area contributed by atoms with Crippen LogP contribution in [-0.4, -0.2) is 43.3 Å². The van der Waals surface area contributed by atoms with E-state index >= 15 is 0 Å². The molecule has 0 spiro atoms. The van der Waals surface area contributed by atoms with Crippen molar-refractivity contribution in [3.63, 3.8) is 0 Å². The van der Waals surface area contributed by atoms with Crippen LogP contribution in [0.2, 0.25) is 0 Å². The number of aryl methyl sites for hydroxylation is 1. The van der Waals surface area contributed by atoms with Crippen molar-refractivity contribution in [1.82, 2.24) is 19.7 Å². The molecule has 0 unspecified atom stereocenters. The van der Waals surface area contributed by atoms with Gasteiger partial charge in [0.1, 0.15) is 12.2 Å². The summed E-state index contributed by atoms with van der Waals surface area (Å²) in [6.07, 6.45) is 4.18. The van der Waals surface area contributed by atoms with Gasteiger partial charge in [0.25, 0.3) is 0 Å². The number of nitrogens with zero attached hydrogens (tertiary/aromatic N) is 4. The SMILES string of the molecule is Cn1cnnc1CN(CCC(=O)O)C1CC1. The van der Waals surface area contributed by atoms with Crippen LogP contribution in [0, 0.1) is 0 Å². The molecule has 0 bridgehead atoms. The fourth-order valence-corrected chi connectivity index (χ4v) is 1.70. The first kappa shape index (κ1) is 11.1. The van der Waals surface area contributed by atoms with Gasteiger partial charge in [0.05, 0.1) is 13.0 Å². The Morgan fingerprint density at radius 3 is 2.94 bits per heavy atom. The fraction of sp³-hybridized carbons (Fsp3) is 0.700. The van der Waals surface area contributed by atoms with Gasteiger partial charge < -0.3 is 9.67 Å². The molecule has 16 heavy (non-hydrogen) atoms. The van der Waals surface area contributed by atoms with Gasteiger partial charge in [0.2, 0.25) is 0 Å². The zero-order chi connectivity index (χ0) is 11.5. The molecule has 0 aliphatic heterocycles. The van der Waals surface area contributed by atoms with Gasteiger partial charge in [0, 0.05) is 19.6 Å². The van der Waals surface area contributed by atoms with Crippen molar-refractivity contribution in [3.8, 4) is 0 Å². The molecule has 1 heterocycles. The summed E-state index contributed by atoms with van der Waals surface area (Å²) in [5, 5.41) is 16.5. The van der Waals surface area contributed by atoms with Gasteiger partial charge in [0.15, 0.2) is 0 Å². The molecule has 0 atom stereocenters. The quantitative estimate of drug-likeness (QED) is 0.750. The summed E-state index contributed by atoms with van der Waals surface area (Å²) < 4.78 is 1.87. The maximum atomic E-state index is 10.6. The zero-order valence-electron chi connectivity index (χ0n) is 9.33. The van der Waals surface area contributed by atoms with Crippen LogP contribution >= 0.6 is 0 Å². The maximum Gasteiger partial charge on any atom is 0.304 e. The van der Waals surface area contributed by atoms with E-state index in [0.29, 0.717) is 19.1 Å². The number of carboxylic acids is 1. The maximum absolute atomic E-state index is 10.6. The van der Waals surface area contributed by atoms with E-state index in [9.17, 15) is 4.79 Å².